The van der Waals surface area contributed by atoms with E-state index in [-0.39, 0.29) is 6.09 Å². The average molecular weight is 514 g/mol. The van der Waals surface area contributed by atoms with E-state index >= 15 is 0 Å². The average Bonchev–Trinajstić information content (AvgIpc) is 3.23. The van der Waals surface area contributed by atoms with Crippen molar-refractivity contribution in [3.8, 4) is 0 Å². The monoisotopic (exact) mass is 513 g/mol. The first-order chi connectivity index (χ1) is 17.7. The number of carbonyl (C=O) groups excluding carboxylic acids is 1. The molecule has 37 heavy (non-hydrogen) atoms. The van der Waals surface area contributed by atoms with Crippen LogP contribution in [-0.2, 0) is 16.0 Å². The lowest BCUT2D eigenvalue weighted by Crippen LogP contribution is -2.50. The number of hydrogen-bond donors (Lipinski definition) is 2. The van der Waals surface area contributed by atoms with Gasteiger partial charge in [-0.1, -0.05) is 0 Å². The Morgan fingerprint density at radius 1 is 1.22 bits per heavy atom. The molecule has 0 spiro atoms. The molecule has 1 atom stereocenters. The maximum Gasteiger partial charge on any atom is 0.410 e. The second kappa shape index (κ2) is 11.2. The molecule has 1 aliphatic rings. The van der Waals surface area contributed by atoms with Crippen LogP contribution < -0.4 is 10.2 Å². The Morgan fingerprint density at radius 3 is 2.59 bits per heavy atom. The van der Waals surface area contributed by atoms with Crippen molar-refractivity contribution in [3.05, 3.63) is 24.3 Å². The summed E-state index contributed by atoms with van der Waals surface area (Å²) in [6.07, 6.45) is 1.92. The molecule has 0 bridgehead atoms. The van der Waals surface area contributed by atoms with Crippen LogP contribution in [0.3, 0.4) is 0 Å². The Morgan fingerprint density at radius 2 is 1.97 bits per heavy atom. The quantitative estimate of drug-likeness (QED) is 0.429. The van der Waals surface area contributed by atoms with Crippen molar-refractivity contribution in [2.24, 2.45) is 0 Å². The van der Waals surface area contributed by atoms with E-state index < -0.39 is 11.7 Å². The summed E-state index contributed by atoms with van der Waals surface area (Å²) in [5, 5.41) is 18.4. The summed E-state index contributed by atoms with van der Waals surface area (Å²) in [5.41, 5.74) is 1.09. The molecule has 2 N–H and O–H groups in total. The van der Waals surface area contributed by atoms with Crippen LogP contribution >= 0.6 is 0 Å². The van der Waals surface area contributed by atoms with Crippen LogP contribution in [-0.4, -0.2) is 90.8 Å². The Labute approximate surface area is 215 Å². The minimum atomic E-state index is -0.838. The highest BCUT2D eigenvalue weighted by Crippen LogP contribution is 2.31. The number of anilines is 3. The zero-order valence-electron chi connectivity index (χ0n) is 22.0. The number of ether oxygens (including phenoxy) is 2. The van der Waals surface area contributed by atoms with Crippen molar-refractivity contribution in [1.82, 2.24) is 34.6 Å². The number of carbonyl (C=O) groups is 1. The minimum absolute atomic E-state index is 0.332. The molecule has 1 unspecified atom stereocenters. The van der Waals surface area contributed by atoms with Crippen LogP contribution in [0.2, 0.25) is 0 Å². The summed E-state index contributed by atoms with van der Waals surface area (Å²) in [6.45, 7) is 12.7. The molecule has 200 valence electrons. The van der Waals surface area contributed by atoms with Crippen molar-refractivity contribution in [3.63, 3.8) is 0 Å². The van der Waals surface area contributed by atoms with Gasteiger partial charge in [-0.2, -0.15) is 10.1 Å². The van der Waals surface area contributed by atoms with Crippen molar-refractivity contribution >= 4 is 34.7 Å². The molecule has 13 heteroatoms. The first-order valence-electron chi connectivity index (χ1n) is 12.5. The first kappa shape index (κ1) is 26.5. The number of piperazine rings is 1. The molecule has 1 saturated heterocycles. The second-order valence-electron chi connectivity index (χ2n) is 9.72. The van der Waals surface area contributed by atoms with E-state index in [9.17, 15) is 9.90 Å². The van der Waals surface area contributed by atoms with Crippen molar-refractivity contribution in [1.29, 1.82) is 0 Å². The molecule has 1 aliphatic heterocycles. The smallest absolute Gasteiger partial charge is 0.410 e. The highest BCUT2D eigenvalue weighted by Gasteiger charge is 2.29. The molecule has 3 aromatic heterocycles. The largest absolute Gasteiger partial charge is 0.444 e. The van der Waals surface area contributed by atoms with Gasteiger partial charge in [0.15, 0.2) is 5.82 Å². The molecule has 0 saturated carbocycles. The van der Waals surface area contributed by atoms with Crippen LogP contribution in [0, 0.1) is 0 Å². The Kier molecular flexibility index (Phi) is 8.03. The van der Waals surface area contributed by atoms with Gasteiger partial charge in [0.25, 0.3) is 0 Å². The third-order valence-electron chi connectivity index (χ3n) is 5.69. The third-order valence-corrected chi connectivity index (χ3v) is 5.69. The fraction of sp³-hybridized carbons (Fsp3) is 0.583. The van der Waals surface area contributed by atoms with Gasteiger partial charge in [0.2, 0.25) is 5.95 Å². The van der Waals surface area contributed by atoms with E-state index in [4.69, 9.17) is 19.4 Å². The summed E-state index contributed by atoms with van der Waals surface area (Å²) >= 11 is 0. The summed E-state index contributed by atoms with van der Waals surface area (Å²) in [5.74, 6) is 1.54. The molecule has 0 aromatic carbocycles. The molecular weight excluding hydrogens is 478 g/mol. The SMILES string of the molecule is CCOCCn1nc(C(C)O)c2nc(N3CCN(C(=O)OC(C)(C)C)CC3)nc(Nc3ccncn3)c21. The maximum absolute atomic E-state index is 12.5. The second-order valence-corrected chi connectivity index (χ2v) is 9.72. The Balaban J connectivity index is 1.68. The van der Waals surface area contributed by atoms with Crippen LogP contribution in [0.15, 0.2) is 18.6 Å². The minimum Gasteiger partial charge on any atom is -0.444 e. The van der Waals surface area contributed by atoms with Gasteiger partial charge in [-0.15, -0.1) is 0 Å². The van der Waals surface area contributed by atoms with Gasteiger partial charge >= 0.3 is 6.09 Å². The third kappa shape index (κ3) is 6.41. The van der Waals surface area contributed by atoms with Crippen molar-refractivity contribution < 1.29 is 19.4 Å². The van der Waals surface area contributed by atoms with Crippen molar-refractivity contribution in [2.75, 3.05) is 49.6 Å². The maximum atomic E-state index is 12.5. The number of aliphatic hydroxyl groups is 1. The predicted octanol–water partition coefficient (Wildman–Crippen LogP) is 2.51. The van der Waals surface area contributed by atoms with Crippen LogP contribution in [0.5, 0.6) is 0 Å². The highest BCUT2D eigenvalue weighted by molar-refractivity contribution is 5.90. The van der Waals surface area contributed by atoms with Gasteiger partial charge in [-0.3, -0.25) is 4.68 Å². The highest BCUT2D eigenvalue weighted by atomic mass is 16.6. The van der Waals surface area contributed by atoms with Gasteiger partial charge in [-0.05, 0) is 40.7 Å². The topological polar surface area (TPSA) is 144 Å². The molecule has 0 radical (unpaired) electrons. The van der Waals surface area contributed by atoms with Gasteiger partial charge in [0.1, 0.15) is 34.5 Å². The number of aliphatic hydroxyl groups excluding tert-OH is 1. The number of aromatic nitrogens is 6. The van der Waals surface area contributed by atoms with E-state index in [1.807, 2.05) is 32.6 Å². The standard InChI is InChI=1S/C24H35N9O4/c1-6-36-14-13-33-20-19(18(30-33)16(2)34)28-22(29-21(20)27-17-7-8-25-15-26-17)31-9-11-32(12-10-31)23(35)37-24(3,4)5/h7-8,15-16,34H,6,9-14H2,1-5H3,(H,25,26,27,28,29). The van der Waals surface area contributed by atoms with Gasteiger partial charge in [-0.25, -0.2) is 19.7 Å². The van der Waals surface area contributed by atoms with E-state index in [0.29, 0.717) is 80.2 Å². The van der Waals surface area contributed by atoms with E-state index in [2.05, 4.69) is 20.4 Å². The predicted molar refractivity (Wildman–Crippen MR) is 138 cm³/mol. The summed E-state index contributed by atoms with van der Waals surface area (Å²) in [7, 11) is 0. The zero-order chi connectivity index (χ0) is 26.6. The molecule has 3 aromatic rings. The van der Waals surface area contributed by atoms with Gasteiger partial charge in [0.05, 0.1) is 19.3 Å². The number of fused-ring (bicyclic) bond motifs is 1. The molecule has 4 heterocycles. The number of nitrogens with zero attached hydrogens (tertiary/aromatic N) is 8. The summed E-state index contributed by atoms with van der Waals surface area (Å²) < 4.78 is 12.8. The number of rotatable bonds is 8. The Hall–Kier alpha value is -3.58. The zero-order valence-corrected chi connectivity index (χ0v) is 22.0. The Bertz CT molecular complexity index is 1200. The molecule has 1 fully saturated rings. The number of amides is 1. The molecule has 4 rings (SSSR count). The number of nitrogens with one attached hydrogen (secondary N) is 1. The van der Waals surface area contributed by atoms with Crippen LogP contribution in [0.4, 0.5) is 22.4 Å². The fourth-order valence-electron chi connectivity index (χ4n) is 3.96. The van der Waals surface area contributed by atoms with Crippen molar-refractivity contribution in [2.45, 2.75) is 52.9 Å². The van der Waals surface area contributed by atoms with Gasteiger partial charge < -0.3 is 29.7 Å². The molecule has 0 aliphatic carbocycles. The van der Waals surface area contributed by atoms with Crippen LogP contribution in [0.1, 0.15) is 46.4 Å². The van der Waals surface area contributed by atoms with Gasteiger partial charge in [0, 0.05) is 39.0 Å². The fourth-order valence-corrected chi connectivity index (χ4v) is 3.96. The lowest BCUT2D eigenvalue weighted by molar-refractivity contribution is 0.0240. The number of hydrogen-bond acceptors (Lipinski definition) is 11. The normalized spacial score (nSPS) is 15.2. The van der Waals surface area contributed by atoms with E-state index in [1.165, 1.54) is 6.33 Å². The first-order valence-corrected chi connectivity index (χ1v) is 12.5. The molecular formula is C24H35N9O4. The van der Waals surface area contributed by atoms with Crippen LogP contribution in [0.25, 0.3) is 11.0 Å². The van der Waals surface area contributed by atoms with E-state index in [1.54, 1.807) is 28.8 Å². The van der Waals surface area contributed by atoms with E-state index in [0.717, 1.165) is 0 Å². The lowest BCUT2D eigenvalue weighted by Gasteiger charge is -2.35. The molecule has 1 amide bonds. The summed E-state index contributed by atoms with van der Waals surface area (Å²) in [6, 6.07) is 1.74. The lowest BCUT2D eigenvalue weighted by atomic mass is 10.2. The summed E-state index contributed by atoms with van der Waals surface area (Å²) in [4.78, 5) is 34.1. The molecule has 13 nitrogen and oxygen atoms in total.